The van der Waals surface area contributed by atoms with Gasteiger partial charge in [0.2, 0.25) is 0 Å². The molecule has 0 aromatic carbocycles. The van der Waals surface area contributed by atoms with Crippen molar-refractivity contribution in [3.05, 3.63) is 0 Å². The molecule has 0 fully saturated rings. The van der Waals surface area contributed by atoms with Gasteiger partial charge in [-0.1, -0.05) is 12.8 Å². The van der Waals surface area contributed by atoms with E-state index in [2.05, 4.69) is 43.3 Å². The number of hydrogen-bond donors (Lipinski definition) is 1. The van der Waals surface area contributed by atoms with Crippen molar-refractivity contribution in [3.8, 4) is 0 Å². The van der Waals surface area contributed by atoms with E-state index in [0.717, 1.165) is 0 Å². The minimum Gasteiger partial charge on any atom is -0.317 e. The van der Waals surface area contributed by atoms with Crippen LogP contribution in [0.15, 0.2) is 0 Å². The predicted octanol–water partition coefficient (Wildman–Crippen LogP) is 2.04. The fraction of sp³-hybridized carbons (Fsp3) is 1.00. The quantitative estimate of drug-likeness (QED) is 0.529. The van der Waals surface area contributed by atoms with Crippen LogP contribution in [-0.4, -0.2) is 64.2 Å². The van der Waals surface area contributed by atoms with Gasteiger partial charge in [0.1, 0.15) is 0 Å². The molecule has 3 nitrogen and oxygen atoms in total. The molecule has 0 bridgehead atoms. The third-order valence-corrected chi connectivity index (χ3v) is 2.92. The molecular weight excluding hydrogens is 210 g/mol. The molecule has 0 atom stereocenters. The fourth-order valence-electron chi connectivity index (χ4n) is 1.83. The molecule has 0 saturated heterocycles. The Bertz CT molecular complexity index is 130. The zero-order chi connectivity index (χ0) is 12.9. The summed E-state index contributed by atoms with van der Waals surface area (Å²) in [4.78, 5) is 4.52. The molecule has 0 rings (SSSR count). The Hall–Kier alpha value is -0.120. The molecule has 0 aliphatic rings. The number of unbranched alkanes of at least 4 members (excludes halogenated alkanes) is 4. The molecule has 0 unspecified atom stereocenters. The van der Waals surface area contributed by atoms with Crippen molar-refractivity contribution in [2.75, 3.05) is 54.4 Å². The van der Waals surface area contributed by atoms with E-state index in [4.69, 9.17) is 0 Å². The minimum atomic E-state index is 1.20. The molecule has 0 aromatic heterocycles. The monoisotopic (exact) mass is 243 g/mol. The maximum atomic E-state index is 3.53. The zero-order valence-electron chi connectivity index (χ0n) is 12.5. The van der Waals surface area contributed by atoms with E-state index >= 15 is 0 Å². The Kier molecular flexibility index (Phi) is 12.3. The van der Waals surface area contributed by atoms with Gasteiger partial charge < -0.3 is 15.1 Å². The molecule has 1 N–H and O–H groups in total. The minimum absolute atomic E-state index is 1.20. The lowest BCUT2D eigenvalue weighted by Crippen LogP contribution is -2.18. The Morgan fingerprint density at radius 3 is 1.35 bits per heavy atom. The first-order valence-corrected chi connectivity index (χ1v) is 7.13. The molecule has 0 aromatic rings. The van der Waals surface area contributed by atoms with Crippen LogP contribution in [0.4, 0.5) is 0 Å². The summed E-state index contributed by atoms with van der Waals surface area (Å²) in [7, 11) is 8.58. The molecule has 0 spiro atoms. The van der Waals surface area contributed by atoms with Crippen LogP contribution >= 0.6 is 0 Å². The van der Waals surface area contributed by atoms with E-state index < -0.39 is 0 Å². The Labute approximate surface area is 109 Å². The van der Waals surface area contributed by atoms with Crippen LogP contribution in [0.3, 0.4) is 0 Å². The van der Waals surface area contributed by atoms with Gasteiger partial charge in [0.15, 0.2) is 0 Å². The van der Waals surface area contributed by atoms with Gasteiger partial charge in [0, 0.05) is 0 Å². The van der Waals surface area contributed by atoms with Gasteiger partial charge in [0.05, 0.1) is 0 Å². The summed E-state index contributed by atoms with van der Waals surface area (Å²) in [6.45, 7) is 4.84. The van der Waals surface area contributed by atoms with E-state index in [1.54, 1.807) is 0 Å². The highest BCUT2D eigenvalue weighted by atomic mass is 15.0. The van der Waals surface area contributed by atoms with Gasteiger partial charge in [-0.2, -0.15) is 0 Å². The van der Waals surface area contributed by atoms with E-state index in [1.807, 2.05) is 0 Å². The summed E-state index contributed by atoms with van der Waals surface area (Å²) < 4.78 is 0. The summed E-state index contributed by atoms with van der Waals surface area (Å²) in [6.07, 6.45) is 8.02. The maximum Gasteiger partial charge on any atom is -0.00248 e. The van der Waals surface area contributed by atoms with Crippen molar-refractivity contribution in [2.45, 2.75) is 38.5 Å². The molecule has 0 heterocycles. The van der Waals surface area contributed by atoms with Gasteiger partial charge in [-0.05, 0) is 80.1 Å². The molecule has 0 radical (unpaired) electrons. The van der Waals surface area contributed by atoms with Gasteiger partial charge in [-0.3, -0.25) is 0 Å². The normalized spacial score (nSPS) is 11.6. The highest BCUT2D eigenvalue weighted by Crippen LogP contribution is 1.97. The van der Waals surface area contributed by atoms with Crippen LogP contribution in [0.2, 0.25) is 0 Å². The van der Waals surface area contributed by atoms with Crippen molar-refractivity contribution in [1.82, 2.24) is 15.1 Å². The summed E-state index contributed by atoms with van der Waals surface area (Å²) in [6, 6.07) is 0. The predicted molar refractivity (Wildman–Crippen MR) is 77.7 cm³/mol. The van der Waals surface area contributed by atoms with Crippen LogP contribution in [0.25, 0.3) is 0 Å². The van der Waals surface area contributed by atoms with Crippen molar-refractivity contribution >= 4 is 0 Å². The second kappa shape index (κ2) is 12.3. The van der Waals surface area contributed by atoms with E-state index in [-0.39, 0.29) is 0 Å². The molecule has 0 saturated carbocycles. The van der Waals surface area contributed by atoms with E-state index in [0.29, 0.717) is 0 Å². The largest absolute Gasteiger partial charge is 0.317 e. The topological polar surface area (TPSA) is 18.5 Å². The second-order valence-corrected chi connectivity index (χ2v) is 5.48. The van der Waals surface area contributed by atoms with Crippen molar-refractivity contribution < 1.29 is 0 Å². The lowest BCUT2D eigenvalue weighted by atomic mass is 10.2. The molecule has 0 aliphatic heterocycles. The van der Waals surface area contributed by atoms with Gasteiger partial charge in [-0.15, -0.1) is 0 Å². The summed E-state index contributed by atoms with van der Waals surface area (Å²) in [5, 5.41) is 3.53. The standard InChI is InChI=1S/C14H33N3/c1-16(2)13-9-5-7-11-15-12-8-6-10-14-17(3)4/h15H,5-14H2,1-4H3. The Morgan fingerprint density at radius 1 is 0.588 bits per heavy atom. The van der Waals surface area contributed by atoms with Crippen molar-refractivity contribution in [3.63, 3.8) is 0 Å². The average Bonchev–Trinajstić information content (AvgIpc) is 2.25. The fourth-order valence-corrected chi connectivity index (χ4v) is 1.83. The highest BCUT2D eigenvalue weighted by Gasteiger charge is 1.93. The molecular formula is C14H33N3. The van der Waals surface area contributed by atoms with Gasteiger partial charge in [-0.25, -0.2) is 0 Å². The summed E-state index contributed by atoms with van der Waals surface area (Å²) >= 11 is 0. The highest BCUT2D eigenvalue weighted by molar-refractivity contribution is 4.52. The molecule has 0 amide bonds. The number of rotatable bonds is 12. The maximum absolute atomic E-state index is 3.53. The third-order valence-electron chi connectivity index (χ3n) is 2.92. The van der Waals surface area contributed by atoms with Crippen LogP contribution in [-0.2, 0) is 0 Å². The number of nitrogens with one attached hydrogen (secondary N) is 1. The average molecular weight is 243 g/mol. The summed E-state index contributed by atoms with van der Waals surface area (Å²) in [5.41, 5.74) is 0. The number of hydrogen-bond acceptors (Lipinski definition) is 3. The Balaban J connectivity index is 2.94. The first-order valence-electron chi connectivity index (χ1n) is 7.13. The Morgan fingerprint density at radius 2 is 1.00 bits per heavy atom. The first-order chi connectivity index (χ1) is 8.13. The van der Waals surface area contributed by atoms with Gasteiger partial charge >= 0.3 is 0 Å². The molecule has 104 valence electrons. The van der Waals surface area contributed by atoms with Crippen LogP contribution < -0.4 is 5.32 Å². The van der Waals surface area contributed by atoms with E-state index in [9.17, 15) is 0 Å². The summed E-state index contributed by atoms with van der Waals surface area (Å²) in [5.74, 6) is 0. The number of nitrogens with zero attached hydrogens (tertiary/aromatic N) is 2. The molecule has 3 heteroatoms. The van der Waals surface area contributed by atoms with Crippen LogP contribution in [0.5, 0.6) is 0 Å². The molecule has 17 heavy (non-hydrogen) atoms. The lowest BCUT2D eigenvalue weighted by molar-refractivity contribution is 0.387. The molecule has 0 aliphatic carbocycles. The van der Waals surface area contributed by atoms with E-state index in [1.165, 1.54) is 64.7 Å². The van der Waals surface area contributed by atoms with Gasteiger partial charge in [0.25, 0.3) is 0 Å². The van der Waals surface area contributed by atoms with Crippen LogP contribution in [0.1, 0.15) is 38.5 Å². The van der Waals surface area contributed by atoms with Crippen molar-refractivity contribution in [1.29, 1.82) is 0 Å². The van der Waals surface area contributed by atoms with Crippen molar-refractivity contribution in [2.24, 2.45) is 0 Å². The third kappa shape index (κ3) is 15.9. The first kappa shape index (κ1) is 16.9. The lowest BCUT2D eigenvalue weighted by Gasteiger charge is -2.10. The van der Waals surface area contributed by atoms with Crippen LogP contribution in [0, 0.1) is 0 Å². The second-order valence-electron chi connectivity index (χ2n) is 5.48. The SMILES string of the molecule is CN(C)CCCCCNCCCCCN(C)C. The smallest absolute Gasteiger partial charge is 0.00248 e. The zero-order valence-corrected chi connectivity index (χ0v) is 12.5.